The Balaban J connectivity index is 1.89. The smallest absolute Gasteiger partial charge is 0.117 e. The van der Waals surface area contributed by atoms with Gasteiger partial charge in [-0.3, -0.25) is 0 Å². The third kappa shape index (κ3) is 3.46. The molecular weight excluding hydrogens is 210 g/mol. The number of aryl methyl sites for hydroxylation is 3. The van der Waals surface area contributed by atoms with Gasteiger partial charge in [-0.05, 0) is 38.5 Å². The zero-order valence-electron chi connectivity index (χ0n) is 10.7. The van der Waals surface area contributed by atoms with Gasteiger partial charge in [0, 0.05) is 6.54 Å². The first-order valence-electron chi connectivity index (χ1n) is 5.97. The van der Waals surface area contributed by atoms with Crippen molar-refractivity contribution in [1.29, 1.82) is 0 Å². The molecule has 1 heterocycles. The molecule has 0 aliphatic rings. The summed E-state index contributed by atoms with van der Waals surface area (Å²) in [4.78, 5) is 0. The second-order valence-electron chi connectivity index (χ2n) is 4.61. The van der Waals surface area contributed by atoms with Crippen LogP contribution in [0.1, 0.15) is 28.2 Å². The molecular formula is C15H19NO. The van der Waals surface area contributed by atoms with Gasteiger partial charge in [0.2, 0.25) is 0 Å². The second kappa shape index (κ2) is 5.19. The Morgan fingerprint density at radius 3 is 2.24 bits per heavy atom. The largest absolute Gasteiger partial charge is 0.465 e. The van der Waals surface area contributed by atoms with E-state index in [0.717, 1.165) is 24.6 Å². The second-order valence-corrected chi connectivity index (χ2v) is 4.61. The lowest BCUT2D eigenvalue weighted by molar-refractivity contribution is 0.461. The number of benzene rings is 1. The van der Waals surface area contributed by atoms with E-state index in [1.807, 2.05) is 19.1 Å². The molecule has 1 aromatic carbocycles. The highest BCUT2D eigenvalue weighted by atomic mass is 16.3. The van der Waals surface area contributed by atoms with Crippen LogP contribution in [0.3, 0.4) is 0 Å². The first kappa shape index (κ1) is 11.9. The van der Waals surface area contributed by atoms with E-state index in [2.05, 4.69) is 37.4 Å². The molecule has 2 rings (SSSR count). The predicted octanol–water partition coefficient (Wildman–Crippen LogP) is 3.49. The van der Waals surface area contributed by atoms with Crippen molar-refractivity contribution in [2.24, 2.45) is 0 Å². The highest BCUT2D eigenvalue weighted by Gasteiger charge is 1.99. The van der Waals surface area contributed by atoms with Gasteiger partial charge in [0.05, 0.1) is 6.54 Å². The van der Waals surface area contributed by atoms with Crippen molar-refractivity contribution in [3.8, 4) is 0 Å². The molecule has 0 aliphatic heterocycles. The summed E-state index contributed by atoms with van der Waals surface area (Å²) in [5.41, 5.74) is 3.96. The quantitative estimate of drug-likeness (QED) is 0.868. The standard InChI is InChI=1S/C15H19NO/c1-11-6-12(2)8-14(7-11)9-16-10-15-5-4-13(3)17-15/h4-8,16H,9-10H2,1-3H3. The lowest BCUT2D eigenvalue weighted by Gasteiger charge is -2.06. The first-order chi connectivity index (χ1) is 8.13. The maximum Gasteiger partial charge on any atom is 0.117 e. The van der Waals surface area contributed by atoms with Crippen LogP contribution in [0.2, 0.25) is 0 Å². The van der Waals surface area contributed by atoms with Gasteiger partial charge in [-0.25, -0.2) is 0 Å². The summed E-state index contributed by atoms with van der Waals surface area (Å²) < 4.78 is 5.51. The maximum atomic E-state index is 5.51. The molecule has 2 aromatic rings. The SMILES string of the molecule is Cc1cc(C)cc(CNCc2ccc(C)o2)c1. The van der Waals surface area contributed by atoms with E-state index in [9.17, 15) is 0 Å². The zero-order valence-corrected chi connectivity index (χ0v) is 10.7. The lowest BCUT2D eigenvalue weighted by atomic mass is 10.1. The molecule has 90 valence electrons. The Bertz CT molecular complexity index is 479. The van der Waals surface area contributed by atoms with E-state index in [1.165, 1.54) is 16.7 Å². The van der Waals surface area contributed by atoms with Gasteiger partial charge < -0.3 is 9.73 Å². The fourth-order valence-electron chi connectivity index (χ4n) is 2.08. The Kier molecular flexibility index (Phi) is 3.64. The molecule has 1 aromatic heterocycles. The number of hydrogen-bond donors (Lipinski definition) is 1. The first-order valence-corrected chi connectivity index (χ1v) is 5.97. The predicted molar refractivity (Wildman–Crippen MR) is 69.9 cm³/mol. The minimum Gasteiger partial charge on any atom is -0.465 e. The van der Waals surface area contributed by atoms with Gasteiger partial charge in [-0.1, -0.05) is 29.3 Å². The van der Waals surface area contributed by atoms with Crippen LogP contribution in [0.15, 0.2) is 34.7 Å². The Labute approximate surface area is 103 Å². The van der Waals surface area contributed by atoms with Crippen LogP contribution >= 0.6 is 0 Å². The minimum atomic E-state index is 0.779. The lowest BCUT2D eigenvalue weighted by Crippen LogP contribution is -2.12. The van der Waals surface area contributed by atoms with Crippen LogP contribution in [0, 0.1) is 20.8 Å². The van der Waals surface area contributed by atoms with Gasteiger partial charge in [0.1, 0.15) is 11.5 Å². The van der Waals surface area contributed by atoms with Gasteiger partial charge in [-0.15, -0.1) is 0 Å². The fourth-order valence-corrected chi connectivity index (χ4v) is 2.08. The molecule has 0 spiro atoms. The molecule has 1 N–H and O–H groups in total. The van der Waals surface area contributed by atoms with Crippen molar-refractivity contribution in [2.45, 2.75) is 33.9 Å². The molecule has 0 atom stereocenters. The average Bonchev–Trinajstić information content (AvgIpc) is 2.63. The zero-order chi connectivity index (χ0) is 12.3. The monoisotopic (exact) mass is 229 g/mol. The van der Waals surface area contributed by atoms with Crippen LogP contribution in [0.25, 0.3) is 0 Å². The van der Waals surface area contributed by atoms with Crippen molar-refractivity contribution >= 4 is 0 Å². The van der Waals surface area contributed by atoms with Crippen molar-refractivity contribution in [1.82, 2.24) is 5.32 Å². The molecule has 0 amide bonds. The molecule has 0 saturated carbocycles. The third-order valence-corrected chi connectivity index (χ3v) is 2.71. The summed E-state index contributed by atoms with van der Waals surface area (Å²) in [6.07, 6.45) is 0. The van der Waals surface area contributed by atoms with Crippen LogP contribution in [-0.2, 0) is 13.1 Å². The van der Waals surface area contributed by atoms with Crippen molar-refractivity contribution in [2.75, 3.05) is 0 Å². The number of hydrogen-bond acceptors (Lipinski definition) is 2. The maximum absolute atomic E-state index is 5.51. The molecule has 0 unspecified atom stereocenters. The normalized spacial score (nSPS) is 10.8. The summed E-state index contributed by atoms with van der Waals surface area (Å²) in [5.74, 6) is 1.96. The van der Waals surface area contributed by atoms with Crippen molar-refractivity contribution < 1.29 is 4.42 Å². The number of nitrogens with one attached hydrogen (secondary N) is 1. The van der Waals surface area contributed by atoms with E-state index in [1.54, 1.807) is 0 Å². The summed E-state index contributed by atoms with van der Waals surface area (Å²) in [5, 5.41) is 3.39. The van der Waals surface area contributed by atoms with Gasteiger partial charge in [0.25, 0.3) is 0 Å². The summed E-state index contributed by atoms with van der Waals surface area (Å²) in [7, 11) is 0. The highest BCUT2D eigenvalue weighted by Crippen LogP contribution is 2.09. The van der Waals surface area contributed by atoms with Crippen molar-refractivity contribution in [3.05, 3.63) is 58.5 Å². The summed E-state index contributed by atoms with van der Waals surface area (Å²) in [6, 6.07) is 10.6. The number of furan rings is 1. The minimum absolute atomic E-state index is 0.779. The molecule has 0 saturated heterocycles. The summed E-state index contributed by atoms with van der Waals surface area (Å²) >= 11 is 0. The Morgan fingerprint density at radius 2 is 1.65 bits per heavy atom. The highest BCUT2D eigenvalue weighted by molar-refractivity contribution is 5.28. The molecule has 0 radical (unpaired) electrons. The molecule has 0 fully saturated rings. The van der Waals surface area contributed by atoms with Crippen LogP contribution in [-0.4, -0.2) is 0 Å². The van der Waals surface area contributed by atoms with Crippen LogP contribution in [0.5, 0.6) is 0 Å². The molecule has 0 bridgehead atoms. The van der Waals surface area contributed by atoms with E-state index in [0.29, 0.717) is 0 Å². The van der Waals surface area contributed by atoms with E-state index >= 15 is 0 Å². The summed E-state index contributed by atoms with van der Waals surface area (Å²) in [6.45, 7) is 7.88. The van der Waals surface area contributed by atoms with Crippen molar-refractivity contribution in [3.63, 3.8) is 0 Å². The molecule has 2 nitrogen and oxygen atoms in total. The van der Waals surface area contributed by atoms with E-state index in [-0.39, 0.29) is 0 Å². The van der Waals surface area contributed by atoms with Gasteiger partial charge in [0.15, 0.2) is 0 Å². The van der Waals surface area contributed by atoms with Crippen LogP contribution in [0.4, 0.5) is 0 Å². The van der Waals surface area contributed by atoms with Crippen LogP contribution < -0.4 is 5.32 Å². The third-order valence-electron chi connectivity index (χ3n) is 2.71. The van der Waals surface area contributed by atoms with E-state index < -0.39 is 0 Å². The van der Waals surface area contributed by atoms with Gasteiger partial charge >= 0.3 is 0 Å². The Hall–Kier alpha value is -1.54. The average molecular weight is 229 g/mol. The molecule has 0 aliphatic carbocycles. The fraction of sp³-hybridized carbons (Fsp3) is 0.333. The Morgan fingerprint density at radius 1 is 0.941 bits per heavy atom. The molecule has 2 heteroatoms. The molecule has 17 heavy (non-hydrogen) atoms. The van der Waals surface area contributed by atoms with Gasteiger partial charge in [-0.2, -0.15) is 0 Å². The number of rotatable bonds is 4. The topological polar surface area (TPSA) is 25.2 Å². The van der Waals surface area contributed by atoms with E-state index in [4.69, 9.17) is 4.42 Å².